The number of nitrogens with zero attached hydrogens (tertiary/aromatic N) is 2. The molecule has 5 rings (SSSR count). The fourth-order valence-electron chi connectivity index (χ4n) is 9.25. The molecule has 1 saturated heterocycles. The molecule has 51 heavy (non-hydrogen) atoms. The SMILES string of the molecule is CCCC1O[C@@H]2C[C@H]3[C@@H]4C[C@H](F)C5=CC(=O)C=C[C@]5(C)[C@H]4[C@@H](O)C[C@]3(C)[C@@]2(C(=O)COC(=O)CC(N)C(=O)OCC(CO[N+](=O)[O-])O[N+](=O)[O-])O1. The van der Waals surface area contributed by atoms with Crippen LogP contribution in [0.4, 0.5) is 4.39 Å². The lowest BCUT2D eigenvalue weighted by Crippen LogP contribution is -2.64. The van der Waals surface area contributed by atoms with E-state index < -0.39 is 119 Å². The number of allylic oxidation sites excluding steroid dienone is 4. The van der Waals surface area contributed by atoms with Crippen molar-refractivity contribution in [3.63, 3.8) is 0 Å². The number of esters is 2. The first kappa shape index (κ1) is 38.2. The highest BCUT2D eigenvalue weighted by Gasteiger charge is 2.76. The van der Waals surface area contributed by atoms with E-state index in [0.29, 0.717) is 24.8 Å². The molecule has 0 aromatic rings. The Labute approximate surface area is 290 Å². The van der Waals surface area contributed by atoms with Gasteiger partial charge >= 0.3 is 11.9 Å². The van der Waals surface area contributed by atoms with Crippen LogP contribution in [-0.4, -0.2) is 101 Å². The van der Waals surface area contributed by atoms with E-state index in [0.717, 1.165) is 0 Å². The van der Waals surface area contributed by atoms with E-state index in [-0.39, 0.29) is 24.5 Å². The lowest BCUT2D eigenvalue weighted by Gasteiger charge is -2.60. The van der Waals surface area contributed by atoms with Gasteiger partial charge in [-0.05, 0) is 55.2 Å². The smallest absolute Gasteiger partial charge is 0.323 e. The molecule has 3 saturated carbocycles. The highest BCUT2D eigenvalue weighted by atomic mass is 19.1. The highest BCUT2D eigenvalue weighted by molar-refractivity contribution is 6.01. The summed E-state index contributed by atoms with van der Waals surface area (Å²) in [5.74, 6) is -4.44. The van der Waals surface area contributed by atoms with Gasteiger partial charge in [-0.25, -0.2) is 4.39 Å². The number of halogens is 1. The highest BCUT2D eigenvalue weighted by Crippen LogP contribution is 2.70. The second-order valence-electron chi connectivity index (χ2n) is 14.2. The molecule has 3 unspecified atom stereocenters. The number of rotatable bonds is 15. The molecule has 3 N–H and O–H groups in total. The van der Waals surface area contributed by atoms with Gasteiger partial charge in [0.1, 0.15) is 25.4 Å². The molecule has 12 atom stereocenters. The lowest BCUT2D eigenvalue weighted by molar-refractivity contribution is -0.790. The summed E-state index contributed by atoms with van der Waals surface area (Å²) in [5.41, 5.74) is 2.43. The third kappa shape index (κ3) is 6.95. The zero-order valence-corrected chi connectivity index (χ0v) is 28.3. The number of hydrogen-bond acceptors (Lipinski definition) is 16. The fourth-order valence-corrected chi connectivity index (χ4v) is 9.25. The van der Waals surface area contributed by atoms with Gasteiger partial charge in [0, 0.05) is 16.7 Å². The summed E-state index contributed by atoms with van der Waals surface area (Å²) in [6.07, 6.45) is -0.497. The minimum Gasteiger partial charge on any atom is -0.462 e. The van der Waals surface area contributed by atoms with Crippen molar-refractivity contribution in [1.82, 2.24) is 0 Å². The summed E-state index contributed by atoms with van der Waals surface area (Å²) in [6, 6.07) is -1.64. The van der Waals surface area contributed by atoms with Crippen LogP contribution in [0, 0.1) is 48.8 Å². The Morgan fingerprint density at radius 1 is 1.16 bits per heavy atom. The molecular weight excluding hydrogens is 685 g/mol. The molecular formula is C32H42FN3O15. The van der Waals surface area contributed by atoms with Crippen LogP contribution in [0.3, 0.4) is 0 Å². The van der Waals surface area contributed by atoms with Crippen molar-refractivity contribution in [1.29, 1.82) is 0 Å². The van der Waals surface area contributed by atoms with Crippen molar-refractivity contribution in [2.45, 2.75) is 102 Å². The third-order valence-corrected chi connectivity index (χ3v) is 11.3. The molecule has 282 valence electrons. The summed E-state index contributed by atoms with van der Waals surface area (Å²) in [6.45, 7) is 2.95. The molecule has 0 spiro atoms. The van der Waals surface area contributed by atoms with E-state index in [1.807, 2.05) is 20.8 Å². The van der Waals surface area contributed by atoms with Gasteiger partial charge in [-0.15, -0.1) is 20.2 Å². The number of alkyl halides is 1. The van der Waals surface area contributed by atoms with Gasteiger partial charge < -0.3 is 39.5 Å². The fraction of sp³-hybridized carbons (Fsp3) is 0.750. The van der Waals surface area contributed by atoms with Gasteiger partial charge in [0.2, 0.25) is 5.78 Å². The van der Waals surface area contributed by atoms with Crippen molar-refractivity contribution in [2.75, 3.05) is 19.8 Å². The maximum Gasteiger partial charge on any atom is 0.323 e. The number of hydrogen-bond donors (Lipinski definition) is 2. The molecule has 0 bridgehead atoms. The van der Waals surface area contributed by atoms with Crippen LogP contribution in [0.25, 0.3) is 0 Å². The molecule has 18 nitrogen and oxygen atoms in total. The Balaban J connectivity index is 1.28. The molecule has 5 aliphatic rings. The standard InChI is InChI=1S/C32H42FN3O15/c1-4-5-27-49-25-10-19-18-9-21(33)20-8-16(37)6-7-30(20,2)28(18)23(38)12-31(19,3)32(25,50-27)24(39)15-46-26(40)11-22(34)29(41)47-13-17(51-36(44)45)14-48-35(42)43/h6-8,17-19,21-23,25,27-28,38H,4-5,9-15,34H2,1-3H3/t17?,18-,19-,21-,22?,23-,25+,27?,28+,30-,31-,32-/m0/s1. The number of carbonyl (C=O) groups excluding carboxylic acids is 4. The zero-order valence-electron chi connectivity index (χ0n) is 28.3. The second kappa shape index (κ2) is 14.5. The van der Waals surface area contributed by atoms with Crippen molar-refractivity contribution in [2.24, 2.45) is 34.3 Å². The Bertz CT molecular complexity index is 1510. The average Bonchev–Trinajstić information content (AvgIpc) is 3.53. The topological polar surface area (TPSA) is 256 Å². The van der Waals surface area contributed by atoms with Crippen LogP contribution >= 0.6 is 0 Å². The number of Topliss-reactive ketones (excluding diaryl/α,β-unsaturated/α-hetero) is 1. The largest absolute Gasteiger partial charge is 0.462 e. The lowest BCUT2D eigenvalue weighted by atomic mass is 9.46. The number of nitrogens with two attached hydrogens (primary N) is 1. The van der Waals surface area contributed by atoms with Gasteiger partial charge in [-0.3, -0.25) is 19.2 Å². The van der Waals surface area contributed by atoms with Crippen LogP contribution < -0.4 is 5.73 Å². The van der Waals surface area contributed by atoms with Crippen LogP contribution in [-0.2, 0) is 47.8 Å². The van der Waals surface area contributed by atoms with Gasteiger partial charge in [-0.1, -0.05) is 33.3 Å². The first-order valence-corrected chi connectivity index (χ1v) is 16.8. The van der Waals surface area contributed by atoms with E-state index in [1.54, 1.807) is 6.08 Å². The van der Waals surface area contributed by atoms with Crippen molar-refractivity contribution >= 4 is 23.5 Å². The van der Waals surface area contributed by atoms with Gasteiger partial charge in [0.05, 0.1) is 18.6 Å². The molecule has 0 radical (unpaired) electrons. The van der Waals surface area contributed by atoms with Crippen LogP contribution in [0.15, 0.2) is 23.8 Å². The minimum atomic E-state index is -1.66. The maximum atomic E-state index is 15.9. The number of carbonyl (C=O) groups is 4. The van der Waals surface area contributed by atoms with Crippen LogP contribution in [0.1, 0.15) is 59.3 Å². The summed E-state index contributed by atoms with van der Waals surface area (Å²) < 4.78 is 38.7. The van der Waals surface area contributed by atoms with Crippen molar-refractivity contribution < 1.29 is 67.5 Å². The Morgan fingerprint density at radius 2 is 1.88 bits per heavy atom. The molecule has 0 aromatic carbocycles. The van der Waals surface area contributed by atoms with E-state index in [9.17, 15) is 44.5 Å². The molecule has 4 aliphatic carbocycles. The molecule has 1 heterocycles. The number of ketones is 2. The molecule has 0 amide bonds. The number of fused-ring (bicyclic) bond motifs is 7. The average molecular weight is 728 g/mol. The van der Waals surface area contributed by atoms with E-state index >= 15 is 4.39 Å². The number of aliphatic hydroxyl groups is 1. The first-order valence-electron chi connectivity index (χ1n) is 16.8. The number of ether oxygens (including phenoxy) is 4. The third-order valence-electron chi connectivity index (χ3n) is 11.3. The molecule has 0 aromatic heterocycles. The van der Waals surface area contributed by atoms with Crippen molar-refractivity contribution in [3.8, 4) is 0 Å². The van der Waals surface area contributed by atoms with Gasteiger partial charge in [0.15, 0.2) is 30.4 Å². The Kier molecular flexibility index (Phi) is 10.9. The summed E-state index contributed by atoms with van der Waals surface area (Å²) >= 11 is 0. The second-order valence-corrected chi connectivity index (χ2v) is 14.2. The number of aliphatic hydroxyl groups excluding tert-OH is 1. The van der Waals surface area contributed by atoms with E-state index in [1.165, 1.54) is 12.2 Å². The van der Waals surface area contributed by atoms with Crippen LogP contribution in [0.2, 0.25) is 0 Å². The van der Waals surface area contributed by atoms with E-state index in [4.69, 9.17) is 24.7 Å². The normalized spacial score (nSPS) is 37.4. The molecule has 4 fully saturated rings. The minimum absolute atomic E-state index is 0.0323. The summed E-state index contributed by atoms with van der Waals surface area (Å²) in [4.78, 5) is 80.8. The van der Waals surface area contributed by atoms with Gasteiger partial charge in [0.25, 0.3) is 10.2 Å². The monoisotopic (exact) mass is 727 g/mol. The van der Waals surface area contributed by atoms with Crippen LogP contribution in [0.5, 0.6) is 0 Å². The molecule has 19 heteroatoms. The first-order chi connectivity index (χ1) is 24.0. The summed E-state index contributed by atoms with van der Waals surface area (Å²) in [7, 11) is 0. The maximum absolute atomic E-state index is 15.9. The molecule has 1 aliphatic heterocycles. The van der Waals surface area contributed by atoms with Crippen molar-refractivity contribution in [3.05, 3.63) is 44.0 Å². The predicted octanol–water partition coefficient (Wildman–Crippen LogP) is 1.26. The Hall–Kier alpha value is -4.07. The zero-order chi connectivity index (χ0) is 37.5. The van der Waals surface area contributed by atoms with Gasteiger partial charge in [-0.2, -0.15) is 0 Å². The quantitative estimate of drug-likeness (QED) is 0.137. The predicted molar refractivity (Wildman–Crippen MR) is 165 cm³/mol. The van der Waals surface area contributed by atoms with E-state index in [2.05, 4.69) is 9.68 Å². The Morgan fingerprint density at radius 3 is 2.55 bits per heavy atom. The summed E-state index contributed by atoms with van der Waals surface area (Å²) in [5, 5.41) is 30.3.